The summed E-state index contributed by atoms with van der Waals surface area (Å²) in [5, 5.41) is 5.10. The van der Waals surface area contributed by atoms with Crippen LogP contribution in [0.1, 0.15) is 43.2 Å². The van der Waals surface area contributed by atoms with Crippen LogP contribution in [0.2, 0.25) is 0 Å². The van der Waals surface area contributed by atoms with Crippen LogP contribution < -0.4 is 0 Å². The van der Waals surface area contributed by atoms with Gasteiger partial charge in [-0.1, -0.05) is 127 Å². The summed E-state index contributed by atoms with van der Waals surface area (Å²) in [6, 6.07) is 57.5. The molecule has 2 heterocycles. The number of fused-ring (bicyclic) bond motifs is 8. The third-order valence-corrected chi connectivity index (χ3v) is 14.4. The Bertz CT molecular complexity index is 3060. The van der Waals surface area contributed by atoms with E-state index in [9.17, 15) is 0 Å². The van der Waals surface area contributed by atoms with Crippen LogP contribution in [0.5, 0.6) is 0 Å². The molecule has 0 unspecified atom stereocenters. The Balaban J connectivity index is 1.07. The molecule has 4 bridgehead atoms. The van der Waals surface area contributed by atoms with Gasteiger partial charge in [-0.25, -0.2) is 15.0 Å². The molecule has 5 aliphatic rings. The van der Waals surface area contributed by atoms with Gasteiger partial charge < -0.3 is 4.57 Å². The van der Waals surface area contributed by atoms with E-state index < -0.39 is 0 Å². The summed E-state index contributed by atoms with van der Waals surface area (Å²) in [5.41, 5.74) is 12.4. The quantitative estimate of drug-likeness (QED) is 0.181. The van der Waals surface area contributed by atoms with Crippen molar-refractivity contribution >= 4 is 32.6 Å². The van der Waals surface area contributed by atoms with Crippen molar-refractivity contribution in [1.82, 2.24) is 19.5 Å². The van der Waals surface area contributed by atoms with Crippen LogP contribution in [0.4, 0.5) is 0 Å². The molecule has 5 aliphatic carbocycles. The molecule has 14 rings (SSSR count). The molecule has 2 aromatic heterocycles. The Hall–Kier alpha value is -6.39. The van der Waals surface area contributed by atoms with Gasteiger partial charge in [0.05, 0.1) is 11.0 Å². The highest BCUT2D eigenvalue weighted by atomic mass is 15.0. The van der Waals surface area contributed by atoms with Crippen molar-refractivity contribution in [3.63, 3.8) is 0 Å². The van der Waals surface area contributed by atoms with Gasteiger partial charge in [0.15, 0.2) is 17.5 Å². The van der Waals surface area contributed by atoms with Crippen molar-refractivity contribution in [3.05, 3.63) is 169 Å². The maximum Gasteiger partial charge on any atom is 0.166 e. The molecular formula is C53H40N4. The summed E-state index contributed by atoms with van der Waals surface area (Å²) >= 11 is 0. The molecule has 0 aliphatic heterocycles. The fourth-order valence-electron chi connectivity index (χ4n) is 12.5. The van der Waals surface area contributed by atoms with Gasteiger partial charge in [-0.05, 0) is 119 Å². The molecule has 7 aromatic carbocycles. The summed E-state index contributed by atoms with van der Waals surface area (Å²) in [4.78, 5) is 16.1. The van der Waals surface area contributed by atoms with Gasteiger partial charge in [0.2, 0.25) is 0 Å². The molecule has 0 atom stereocenters. The van der Waals surface area contributed by atoms with E-state index in [0.29, 0.717) is 23.5 Å². The molecule has 4 nitrogen and oxygen atoms in total. The number of hydrogen-bond acceptors (Lipinski definition) is 3. The predicted octanol–water partition coefficient (Wildman–Crippen LogP) is 12.8. The molecule has 0 N–H and O–H groups in total. The predicted molar refractivity (Wildman–Crippen MR) is 231 cm³/mol. The van der Waals surface area contributed by atoms with Gasteiger partial charge in [-0.15, -0.1) is 0 Å². The van der Waals surface area contributed by atoms with E-state index in [1.807, 2.05) is 0 Å². The smallest absolute Gasteiger partial charge is 0.166 e. The highest BCUT2D eigenvalue weighted by Crippen LogP contribution is 2.70. The number of rotatable bonds is 4. The first-order valence-electron chi connectivity index (χ1n) is 20.8. The number of benzene rings is 7. The lowest BCUT2D eigenvalue weighted by molar-refractivity contribution is -0.0399. The van der Waals surface area contributed by atoms with Crippen LogP contribution in [0.25, 0.3) is 83.6 Å². The van der Waals surface area contributed by atoms with E-state index in [2.05, 4.69) is 162 Å². The molecule has 4 fully saturated rings. The van der Waals surface area contributed by atoms with Crippen LogP contribution in [0, 0.1) is 23.7 Å². The fraction of sp³-hybridized carbons (Fsp3) is 0.189. The molecular weight excluding hydrogens is 693 g/mol. The summed E-state index contributed by atoms with van der Waals surface area (Å²) in [7, 11) is 0. The van der Waals surface area contributed by atoms with E-state index in [1.165, 1.54) is 70.3 Å². The summed E-state index contributed by atoms with van der Waals surface area (Å²) in [5.74, 6) is 5.18. The Labute approximate surface area is 331 Å². The van der Waals surface area contributed by atoms with E-state index in [-0.39, 0.29) is 5.41 Å². The van der Waals surface area contributed by atoms with E-state index >= 15 is 0 Å². The molecule has 4 saturated carbocycles. The Morgan fingerprint density at radius 2 is 1.11 bits per heavy atom. The van der Waals surface area contributed by atoms with Crippen molar-refractivity contribution in [3.8, 4) is 51.0 Å². The Kier molecular flexibility index (Phi) is 6.59. The van der Waals surface area contributed by atoms with Crippen molar-refractivity contribution in [2.75, 3.05) is 0 Å². The average molecular weight is 733 g/mol. The highest BCUT2D eigenvalue weighted by Gasteiger charge is 2.61. The summed E-state index contributed by atoms with van der Waals surface area (Å²) in [6.45, 7) is 0. The summed E-state index contributed by atoms with van der Waals surface area (Å²) in [6.07, 6.45) is 6.81. The zero-order valence-electron chi connectivity index (χ0n) is 31.6. The lowest BCUT2D eigenvalue weighted by Crippen LogP contribution is -2.55. The molecule has 57 heavy (non-hydrogen) atoms. The molecule has 272 valence electrons. The van der Waals surface area contributed by atoms with Crippen LogP contribution in [-0.4, -0.2) is 19.5 Å². The molecule has 0 saturated heterocycles. The van der Waals surface area contributed by atoms with E-state index in [1.54, 1.807) is 5.56 Å². The maximum absolute atomic E-state index is 5.47. The van der Waals surface area contributed by atoms with E-state index in [0.717, 1.165) is 51.1 Å². The third kappa shape index (κ3) is 4.41. The second-order valence-corrected chi connectivity index (χ2v) is 17.2. The van der Waals surface area contributed by atoms with Crippen LogP contribution >= 0.6 is 0 Å². The first-order valence-corrected chi connectivity index (χ1v) is 20.8. The topological polar surface area (TPSA) is 43.6 Å². The lowest BCUT2D eigenvalue weighted by Gasteiger charge is -2.61. The molecule has 1 spiro atoms. The van der Waals surface area contributed by atoms with Gasteiger partial charge >= 0.3 is 0 Å². The van der Waals surface area contributed by atoms with E-state index in [4.69, 9.17) is 15.0 Å². The number of nitrogens with zero attached hydrogens (tertiary/aromatic N) is 4. The third-order valence-electron chi connectivity index (χ3n) is 14.4. The minimum Gasteiger partial charge on any atom is -0.309 e. The number of para-hydroxylation sites is 3. The number of hydrogen-bond donors (Lipinski definition) is 0. The largest absolute Gasteiger partial charge is 0.309 e. The SMILES string of the molecule is c1ccc(-c2nc(-c3ccc4c(c3)C3(c5ccc6ccccc6c5-4)C4CC5CC(C4)CC3C5)nc(-c3cccc4c5ccccc5n(-c5ccccc5)c34)n2)cc1. The second-order valence-electron chi connectivity index (χ2n) is 17.2. The minimum atomic E-state index is 0.0263. The van der Waals surface area contributed by atoms with Gasteiger partial charge in [0, 0.05) is 38.6 Å². The Morgan fingerprint density at radius 3 is 1.89 bits per heavy atom. The first-order chi connectivity index (χ1) is 28.2. The normalized spacial score (nSPS) is 22.8. The van der Waals surface area contributed by atoms with Gasteiger partial charge in [-0.3, -0.25) is 0 Å². The monoisotopic (exact) mass is 732 g/mol. The molecule has 0 radical (unpaired) electrons. The van der Waals surface area contributed by atoms with Crippen molar-refractivity contribution in [2.24, 2.45) is 23.7 Å². The maximum atomic E-state index is 5.47. The lowest BCUT2D eigenvalue weighted by atomic mass is 9.43. The van der Waals surface area contributed by atoms with Gasteiger partial charge in [0.1, 0.15) is 0 Å². The minimum absolute atomic E-state index is 0.0263. The van der Waals surface area contributed by atoms with Gasteiger partial charge in [0.25, 0.3) is 0 Å². The van der Waals surface area contributed by atoms with Crippen LogP contribution in [0.15, 0.2) is 158 Å². The fourth-order valence-corrected chi connectivity index (χ4v) is 12.5. The standard InChI is InChI=1S/C53H40N4/c1-3-13-35(14-4-1)50-54-51(56-52(55-50)44-20-11-19-42-41-18-9-10-21-47(41)57(49(42)44)39-15-5-2-6-16-39)36-22-24-43-46(31-36)53(37-27-32-26-33(29-37)30-38(53)28-32)45-25-23-34-12-7-8-17-40(34)48(43)45/h1-25,31-33,37-38H,26-30H2. The number of aromatic nitrogens is 4. The van der Waals surface area contributed by atoms with Crippen molar-refractivity contribution in [1.29, 1.82) is 0 Å². The second kappa shape index (κ2) is 11.8. The molecule has 4 heteroatoms. The highest BCUT2D eigenvalue weighted by molar-refractivity contribution is 6.13. The van der Waals surface area contributed by atoms with Crippen LogP contribution in [0.3, 0.4) is 0 Å². The van der Waals surface area contributed by atoms with Crippen LogP contribution in [-0.2, 0) is 5.41 Å². The Morgan fingerprint density at radius 1 is 0.456 bits per heavy atom. The zero-order chi connectivity index (χ0) is 37.2. The molecule has 0 amide bonds. The first kappa shape index (κ1) is 31.8. The van der Waals surface area contributed by atoms with Crippen molar-refractivity contribution < 1.29 is 0 Å². The van der Waals surface area contributed by atoms with Crippen molar-refractivity contribution in [2.45, 2.75) is 37.5 Å². The van der Waals surface area contributed by atoms with Gasteiger partial charge in [-0.2, -0.15) is 0 Å². The zero-order valence-corrected chi connectivity index (χ0v) is 31.6. The average Bonchev–Trinajstić information content (AvgIpc) is 3.76. The molecule has 9 aromatic rings. The summed E-state index contributed by atoms with van der Waals surface area (Å²) < 4.78 is 2.37.